The smallest absolute Gasteiger partial charge is 0.142 e. The molecule has 0 bridgehead atoms. The molecule has 0 spiro atoms. The molecule has 0 aliphatic heterocycles. The van der Waals surface area contributed by atoms with E-state index in [1.165, 1.54) is 6.07 Å². The summed E-state index contributed by atoms with van der Waals surface area (Å²) in [7, 11) is 1.71. The van der Waals surface area contributed by atoms with E-state index in [1.54, 1.807) is 19.2 Å². The number of aliphatic hydroxyl groups excluding tert-OH is 1. The average molecular weight is 292 g/mol. The summed E-state index contributed by atoms with van der Waals surface area (Å²) in [6.45, 7) is -0.0157. The SMILES string of the molecule is COC1CCCC(Oc2ccc(C#CCCO)c(F)c2)C1. The van der Waals surface area contributed by atoms with Gasteiger partial charge in [-0.05, 0) is 31.4 Å². The van der Waals surface area contributed by atoms with Crippen LogP contribution in [-0.2, 0) is 4.74 Å². The summed E-state index contributed by atoms with van der Waals surface area (Å²) in [5.74, 6) is 5.55. The number of methoxy groups -OCH3 is 1. The first-order chi connectivity index (χ1) is 10.2. The van der Waals surface area contributed by atoms with Gasteiger partial charge >= 0.3 is 0 Å². The highest BCUT2D eigenvalue weighted by atomic mass is 19.1. The molecule has 0 saturated heterocycles. The van der Waals surface area contributed by atoms with Gasteiger partial charge in [-0.3, -0.25) is 0 Å². The van der Waals surface area contributed by atoms with Gasteiger partial charge in [-0.1, -0.05) is 11.8 Å². The zero-order valence-electron chi connectivity index (χ0n) is 12.3. The van der Waals surface area contributed by atoms with E-state index in [9.17, 15) is 4.39 Å². The Balaban J connectivity index is 1.98. The van der Waals surface area contributed by atoms with E-state index in [0.29, 0.717) is 17.7 Å². The van der Waals surface area contributed by atoms with Gasteiger partial charge in [0.05, 0.1) is 18.3 Å². The van der Waals surface area contributed by atoms with Gasteiger partial charge in [-0.15, -0.1) is 0 Å². The van der Waals surface area contributed by atoms with E-state index in [1.807, 2.05) is 0 Å². The number of halogens is 1. The van der Waals surface area contributed by atoms with Crippen LogP contribution in [0.25, 0.3) is 0 Å². The third-order valence-electron chi connectivity index (χ3n) is 3.61. The number of hydrogen-bond acceptors (Lipinski definition) is 3. The van der Waals surface area contributed by atoms with Crippen molar-refractivity contribution in [2.75, 3.05) is 13.7 Å². The molecular weight excluding hydrogens is 271 g/mol. The summed E-state index contributed by atoms with van der Waals surface area (Å²) in [5.41, 5.74) is 0.328. The van der Waals surface area contributed by atoms with Crippen molar-refractivity contribution in [2.24, 2.45) is 0 Å². The summed E-state index contributed by atoms with van der Waals surface area (Å²) >= 11 is 0. The fourth-order valence-electron chi connectivity index (χ4n) is 2.50. The van der Waals surface area contributed by atoms with Gasteiger partial charge in [-0.25, -0.2) is 4.39 Å². The molecule has 4 heteroatoms. The first-order valence-electron chi connectivity index (χ1n) is 7.31. The Labute approximate surface area is 125 Å². The Kier molecular flexibility index (Phi) is 6.04. The second kappa shape index (κ2) is 8.02. The van der Waals surface area contributed by atoms with Gasteiger partial charge < -0.3 is 14.6 Å². The minimum absolute atomic E-state index is 0.0157. The Morgan fingerprint density at radius 3 is 2.86 bits per heavy atom. The van der Waals surface area contributed by atoms with Gasteiger partial charge in [0.25, 0.3) is 0 Å². The van der Waals surface area contributed by atoms with Crippen molar-refractivity contribution in [1.82, 2.24) is 0 Å². The Morgan fingerprint density at radius 2 is 2.14 bits per heavy atom. The molecule has 1 aliphatic rings. The second-order valence-electron chi connectivity index (χ2n) is 5.18. The lowest BCUT2D eigenvalue weighted by molar-refractivity contribution is 0.0209. The van der Waals surface area contributed by atoms with Gasteiger partial charge in [0.15, 0.2) is 0 Å². The maximum Gasteiger partial charge on any atom is 0.142 e. The zero-order chi connectivity index (χ0) is 15.1. The van der Waals surface area contributed by atoms with Gasteiger partial charge in [0.2, 0.25) is 0 Å². The van der Waals surface area contributed by atoms with Crippen LogP contribution >= 0.6 is 0 Å². The van der Waals surface area contributed by atoms with E-state index in [0.717, 1.165) is 25.7 Å². The lowest BCUT2D eigenvalue weighted by atomic mass is 9.95. The number of rotatable bonds is 4. The highest BCUT2D eigenvalue weighted by Gasteiger charge is 2.23. The molecule has 2 unspecified atom stereocenters. The van der Waals surface area contributed by atoms with Crippen LogP contribution in [0.1, 0.15) is 37.7 Å². The molecule has 2 atom stereocenters. The second-order valence-corrected chi connectivity index (χ2v) is 5.18. The topological polar surface area (TPSA) is 38.7 Å². The Hall–Kier alpha value is -1.57. The van der Waals surface area contributed by atoms with Crippen molar-refractivity contribution in [3.63, 3.8) is 0 Å². The summed E-state index contributed by atoms with van der Waals surface area (Å²) in [5, 5.41) is 8.66. The predicted molar refractivity (Wildman–Crippen MR) is 78.7 cm³/mol. The minimum atomic E-state index is -0.392. The molecular formula is C17H21FO3. The number of benzene rings is 1. The maximum atomic E-state index is 13.9. The van der Waals surface area contributed by atoms with Crippen molar-refractivity contribution in [3.8, 4) is 17.6 Å². The highest BCUT2D eigenvalue weighted by Crippen LogP contribution is 2.26. The summed E-state index contributed by atoms with van der Waals surface area (Å²) < 4.78 is 25.1. The normalized spacial score (nSPS) is 21.5. The molecule has 1 aliphatic carbocycles. The lowest BCUT2D eigenvalue weighted by Gasteiger charge is -2.28. The van der Waals surface area contributed by atoms with Crippen LogP contribution in [0, 0.1) is 17.7 Å². The molecule has 1 N–H and O–H groups in total. The number of aliphatic hydroxyl groups is 1. The van der Waals surface area contributed by atoms with E-state index < -0.39 is 5.82 Å². The third-order valence-corrected chi connectivity index (χ3v) is 3.61. The molecule has 1 fully saturated rings. The first kappa shape index (κ1) is 15.8. The maximum absolute atomic E-state index is 13.9. The molecule has 1 aromatic carbocycles. The predicted octanol–water partition coefficient (Wildman–Crippen LogP) is 2.90. The van der Waals surface area contributed by atoms with Crippen LogP contribution in [-0.4, -0.2) is 31.0 Å². The highest BCUT2D eigenvalue weighted by molar-refractivity contribution is 5.39. The Bertz CT molecular complexity index is 519. The standard InChI is InChI=1S/C17H21FO3/c1-20-14-6-4-7-15(11-14)21-16-9-8-13(17(18)12-16)5-2-3-10-19/h8-9,12,14-15,19H,3-4,6-7,10-11H2,1H3. The third kappa shape index (κ3) is 4.73. The molecule has 114 valence electrons. The lowest BCUT2D eigenvalue weighted by Crippen LogP contribution is -2.29. The van der Waals surface area contributed by atoms with Crippen LogP contribution in [0.2, 0.25) is 0 Å². The fraction of sp³-hybridized carbons (Fsp3) is 0.529. The molecule has 3 nitrogen and oxygen atoms in total. The minimum Gasteiger partial charge on any atom is -0.490 e. The number of ether oxygens (including phenoxy) is 2. The van der Waals surface area contributed by atoms with Gasteiger partial charge in [-0.2, -0.15) is 0 Å². The first-order valence-corrected chi connectivity index (χ1v) is 7.31. The van der Waals surface area contributed by atoms with E-state index in [-0.39, 0.29) is 18.8 Å². The molecule has 2 rings (SSSR count). The summed E-state index contributed by atoms with van der Waals surface area (Å²) in [4.78, 5) is 0. The Morgan fingerprint density at radius 1 is 1.33 bits per heavy atom. The molecule has 1 aromatic rings. The van der Waals surface area contributed by atoms with Crippen LogP contribution in [0.5, 0.6) is 5.75 Å². The monoisotopic (exact) mass is 292 g/mol. The molecule has 0 amide bonds. The van der Waals surface area contributed by atoms with Crippen molar-refractivity contribution < 1.29 is 19.0 Å². The van der Waals surface area contributed by atoms with Crippen molar-refractivity contribution >= 4 is 0 Å². The largest absolute Gasteiger partial charge is 0.490 e. The van der Waals surface area contributed by atoms with E-state index in [4.69, 9.17) is 14.6 Å². The molecule has 1 saturated carbocycles. The van der Waals surface area contributed by atoms with Gasteiger partial charge in [0.1, 0.15) is 17.7 Å². The fourth-order valence-corrected chi connectivity index (χ4v) is 2.50. The molecule has 0 aromatic heterocycles. The molecule has 0 heterocycles. The summed E-state index contributed by atoms with van der Waals surface area (Å²) in [6.07, 6.45) is 4.60. The van der Waals surface area contributed by atoms with E-state index in [2.05, 4.69) is 11.8 Å². The van der Waals surface area contributed by atoms with E-state index >= 15 is 0 Å². The average Bonchev–Trinajstić information content (AvgIpc) is 2.50. The van der Waals surface area contributed by atoms with Crippen LogP contribution in [0.4, 0.5) is 4.39 Å². The van der Waals surface area contributed by atoms with Crippen LogP contribution in [0.15, 0.2) is 18.2 Å². The number of hydrogen-bond donors (Lipinski definition) is 1. The van der Waals surface area contributed by atoms with Crippen LogP contribution in [0.3, 0.4) is 0 Å². The quantitative estimate of drug-likeness (QED) is 0.867. The molecule has 0 radical (unpaired) electrons. The van der Waals surface area contributed by atoms with Crippen molar-refractivity contribution in [1.29, 1.82) is 0 Å². The van der Waals surface area contributed by atoms with Crippen LogP contribution < -0.4 is 4.74 Å². The van der Waals surface area contributed by atoms with Crippen molar-refractivity contribution in [2.45, 2.75) is 44.3 Å². The van der Waals surface area contributed by atoms with Crippen molar-refractivity contribution in [3.05, 3.63) is 29.6 Å². The zero-order valence-corrected chi connectivity index (χ0v) is 12.3. The van der Waals surface area contributed by atoms with Gasteiger partial charge in [0, 0.05) is 26.0 Å². The summed E-state index contributed by atoms with van der Waals surface area (Å²) in [6, 6.07) is 4.73. The molecule has 21 heavy (non-hydrogen) atoms.